The second-order valence-corrected chi connectivity index (χ2v) is 6.72. The third-order valence-electron chi connectivity index (χ3n) is 4.35. The molecule has 2 atom stereocenters. The molecule has 0 aromatic heterocycles. The van der Waals surface area contributed by atoms with Gasteiger partial charge in [-0.05, 0) is 31.5 Å². The van der Waals surface area contributed by atoms with Crippen LogP contribution in [-0.2, 0) is 16.0 Å². The van der Waals surface area contributed by atoms with Gasteiger partial charge >= 0.3 is 0 Å². The van der Waals surface area contributed by atoms with Gasteiger partial charge in [-0.15, -0.1) is 0 Å². The summed E-state index contributed by atoms with van der Waals surface area (Å²) in [7, 11) is 0. The van der Waals surface area contributed by atoms with Crippen molar-refractivity contribution in [3.8, 4) is 0 Å². The van der Waals surface area contributed by atoms with Crippen LogP contribution in [0.25, 0.3) is 0 Å². The van der Waals surface area contributed by atoms with Crippen molar-refractivity contribution >= 4 is 17.5 Å². The Morgan fingerprint density at radius 3 is 2.31 bits per heavy atom. The first-order valence-corrected chi connectivity index (χ1v) is 8.90. The molecule has 1 N–H and O–H groups in total. The molecule has 1 aliphatic rings. The van der Waals surface area contributed by atoms with Gasteiger partial charge in [0.15, 0.2) is 0 Å². The lowest BCUT2D eigenvalue weighted by atomic mass is 10.1. The largest absolute Gasteiger partial charge is 0.372 e. The van der Waals surface area contributed by atoms with Gasteiger partial charge in [0.1, 0.15) is 0 Å². The number of hydrogen-bond donors (Lipinski definition) is 1. The molecule has 1 aliphatic heterocycles. The van der Waals surface area contributed by atoms with Crippen LogP contribution in [0.2, 0.25) is 0 Å². The summed E-state index contributed by atoms with van der Waals surface area (Å²) in [5.74, 6) is -0.220. The zero-order valence-corrected chi connectivity index (χ0v) is 15.1. The molecule has 5 heteroatoms. The third kappa shape index (κ3) is 4.49. The van der Waals surface area contributed by atoms with E-state index < -0.39 is 0 Å². The van der Waals surface area contributed by atoms with Crippen LogP contribution in [0, 0.1) is 0 Å². The van der Waals surface area contributed by atoms with E-state index in [1.54, 1.807) is 17.0 Å². The Kier molecular flexibility index (Phi) is 5.68. The number of rotatable bonds is 4. The van der Waals surface area contributed by atoms with Crippen LogP contribution in [0.1, 0.15) is 29.8 Å². The minimum Gasteiger partial charge on any atom is -0.372 e. The molecule has 2 aromatic rings. The fourth-order valence-electron chi connectivity index (χ4n) is 3.27. The smallest absolute Gasteiger partial charge is 0.256 e. The van der Waals surface area contributed by atoms with E-state index in [9.17, 15) is 9.59 Å². The maximum Gasteiger partial charge on any atom is 0.256 e. The Balaban J connectivity index is 1.73. The van der Waals surface area contributed by atoms with Gasteiger partial charge in [0, 0.05) is 13.1 Å². The number of carbonyl (C=O) groups excluding carboxylic acids is 2. The summed E-state index contributed by atoms with van der Waals surface area (Å²) in [5.41, 5.74) is 1.99. The summed E-state index contributed by atoms with van der Waals surface area (Å²) in [6.07, 6.45) is 0.277. The van der Waals surface area contributed by atoms with E-state index in [0.29, 0.717) is 24.3 Å². The highest BCUT2D eigenvalue weighted by Gasteiger charge is 2.27. The Bertz CT molecular complexity index is 766. The number of nitrogens with zero attached hydrogens (tertiary/aromatic N) is 1. The Hall–Kier alpha value is -2.66. The topological polar surface area (TPSA) is 58.6 Å². The number of nitrogens with one attached hydrogen (secondary N) is 1. The molecule has 0 radical (unpaired) electrons. The summed E-state index contributed by atoms with van der Waals surface area (Å²) in [4.78, 5) is 27.1. The van der Waals surface area contributed by atoms with Crippen molar-refractivity contribution < 1.29 is 14.3 Å². The molecule has 1 saturated heterocycles. The fraction of sp³-hybridized carbons (Fsp3) is 0.333. The van der Waals surface area contributed by atoms with Crippen LogP contribution in [-0.4, -0.2) is 42.0 Å². The molecular weight excluding hydrogens is 328 g/mol. The summed E-state index contributed by atoms with van der Waals surface area (Å²) in [6, 6.07) is 16.7. The van der Waals surface area contributed by atoms with Crippen molar-refractivity contribution in [1.82, 2.24) is 4.90 Å². The fourth-order valence-corrected chi connectivity index (χ4v) is 3.27. The monoisotopic (exact) mass is 352 g/mol. The predicted octanol–water partition coefficient (Wildman–Crippen LogP) is 3.12. The van der Waals surface area contributed by atoms with E-state index in [-0.39, 0.29) is 30.4 Å². The van der Waals surface area contributed by atoms with Crippen LogP contribution in [0.5, 0.6) is 0 Å². The number of carbonyl (C=O) groups is 2. The Morgan fingerprint density at radius 1 is 1.00 bits per heavy atom. The molecule has 1 fully saturated rings. The van der Waals surface area contributed by atoms with Crippen molar-refractivity contribution in [2.45, 2.75) is 32.5 Å². The molecule has 1 heterocycles. The quantitative estimate of drug-likeness (QED) is 0.920. The van der Waals surface area contributed by atoms with Crippen molar-refractivity contribution in [1.29, 1.82) is 0 Å². The average molecular weight is 352 g/mol. The number of morpholine rings is 1. The van der Waals surface area contributed by atoms with Crippen molar-refractivity contribution in [2.75, 3.05) is 18.4 Å². The summed E-state index contributed by atoms with van der Waals surface area (Å²) in [6.45, 7) is 5.03. The highest BCUT2D eigenvalue weighted by Crippen LogP contribution is 2.20. The highest BCUT2D eigenvalue weighted by atomic mass is 16.5. The molecule has 0 bridgehead atoms. The highest BCUT2D eigenvalue weighted by molar-refractivity contribution is 6.04. The maximum absolute atomic E-state index is 13.0. The number of amides is 2. The van der Waals surface area contributed by atoms with Gasteiger partial charge in [-0.2, -0.15) is 0 Å². The van der Waals surface area contributed by atoms with Gasteiger partial charge in [0.05, 0.1) is 29.9 Å². The number of anilines is 1. The van der Waals surface area contributed by atoms with Crippen LogP contribution < -0.4 is 5.32 Å². The van der Waals surface area contributed by atoms with Gasteiger partial charge in [-0.3, -0.25) is 9.59 Å². The molecule has 0 saturated carbocycles. The Morgan fingerprint density at radius 2 is 1.62 bits per heavy atom. The average Bonchev–Trinajstić information content (AvgIpc) is 2.61. The molecule has 3 rings (SSSR count). The lowest BCUT2D eigenvalue weighted by Crippen LogP contribution is -2.48. The first-order chi connectivity index (χ1) is 12.5. The van der Waals surface area contributed by atoms with Gasteiger partial charge in [-0.25, -0.2) is 0 Å². The van der Waals surface area contributed by atoms with E-state index in [0.717, 1.165) is 5.56 Å². The maximum atomic E-state index is 13.0. The number of para-hydroxylation sites is 1. The molecule has 2 aromatic carbocycles. The minimum atomic E-state index is -0.139. The SMILES string of the molecule is C[C@@H]1CN(C(=O)c2ccccc2NC(=O)Cc2ccccc2)C[C@@H](C)O1. The lowest BCUT2D eigenvalue weighted by molar-refractivity contribution is -0.115. The lowest BCUT2D eigenvalue weighted by Gasteiger charge is -2.35. The molecule has 26 heavy (non-hydrogen) atoms. The van der Waals surface area contributed by atoms with Crippen molar-refractivity contribution in [2.24, 2.45) is 0 Å². The van der Waals surface area contributed by atoms with E-state index >= 15 is 0 Å². The number of ether oxygens (including phenoxy) is 1. The van der Waals surface area contributed by atoms with Crippen LogP contribution in [0.4, 0.5) is 5.69 Å². The zero-order valence-electron chi connectivity index (χ0n) is 15.1. The molecule has 0 unspecified atom stereocenters. The molecule has 2 amide bonds. The predicted molar refractivity (Wildman–Crippen MR) is 101 cm³/mol. The van der Waals surface area contributed by atoms with Gasteiger partial charge in [0.2, 0.25) is 5.91 Å². The normalized spacial score (nSPS) is 19.8. The van der Waals surface area contributed by atoms with E-state index in [1.807, 2.05) is 56.3 Å². The van der Waals surface area contributed by atoms with Crippen LogP contribution in [0.3, 0.4) is 0 Å². The first-order valence-electron chi connectivity index (χ1n) is 8.90. The zero-order chi connectivity index (χ0) is 18.5. The van der Waals surface area contributed by atoms with Gasteiger partial charge in [0.25, 0.3) is 5.91 Å². The molecule has 0 aliphatic carbocycles. The van der Waals surface area contributed by atoms with E-state index in [4.69, 9.17) is 4.74 Å². The van der Waals surface area contributed by atoms with Gasteiger partial charge < -0.3 is 15.0 Å². The van der Waals surface area contributed by atoms with Crippen LogP contribution in [0.15, 0.2) is 54.6 Å². The molecule has 136 valence electrons. The molecular formula is C21H24N2O3. The van der Waals surface area contributed by atoms with E-state index in [2.05, 4.69) is 5.32 Å². The first kappa shape index (κ1) is 18.1. The molecule has 0 spiro atoms. The summed E-state index contributed by atoms with van der Waals surface area (Å²) in [5, 5.41) is 2.88. The Labute approximate surface area is 154 Å². The van der Waals surface area contributed by atoms with Gasteiger partial charge in [-0.1, -0.05) is 42.5 Å². The van der Waals surface area contributed by atoms with Crippen molar-refractivity contribution in [3.63, 3.8) is 0 Å². The molecule has 5 nitrogen and oxygen atoms in total. The standard InChI is InChI=1S/C21H24N2O3/c1-15-13-23(14-16(2)26-15)21(25)18-10-6-7-11-19(18)22-20(24)12-17-8-4-3-5-9-17/h3-11,15-16H,12-14H2,1-2H3,(H,22,24)/t15-,16-/m1/s1. The summed E-state index contributed by atoms with van der Waals surface area (Å²) >= 11 is 0. The van der Waals surface area contributed by atoms with E-state index in [1.165, 1.54) is 0 Å². The second kappa shape index (κ2) is 8.15. The minimum absolute atomic E-state index is 0.00235. The van der Waals surface area contributed by atoms with Crippen molar-refractivity contribution in [3.05, 3.63) is 65.7 Å². The third-order valence-corrected chi connectivity index (χ3v) is 4.35. The second-order valence-electron chi connectivity index (χ2n) is 6.72. The summed E-state index contributed by atoms with van der Waals surface area (Å²) < 4.78 is 5.70. The van der Waals surface area contributed by atoms with Crippen LogP contribution >= 0.6 is 0 Å². The number of benzene rings is 2. The number of hydrogen-bond acceptors (Lipinski definition) is 3.